The fraction of sp³-hybridized carbons (Fsp3) is 0.235. The molecule has 0 fully saturated rings. The van der Waals surface area contributed by atoms with Crippen LogP contribution in [-0.4, -0.2) is 18.1 Å². The minimum atomic E-state index is 0.00398. The van der Waals surface area contributed by atoms with Crippen LogP contribution >= 0.6 is 0 Å². The molecule has 3 heteroatoms. The average Bonchev–Trinajstić information content (AvgIpc) is 2.42. The highest BCUT2D eigenvalue weighted by molar-refractivity contribution is 5.94. The van der Waals surface area contributed by atoms with Crippen LogP contribution in [0.4, 0.5) is 5.69 Å². The average molecular weight is 269 g/mol. The van der Waals surface area contributed by atoms with E-state index in [2.05, 4.69) is 0 Å². The maximum absolute atomic E-state index is 12.3. The van der Waals surface area contributed by atoms with Crippen LogP contribution in [0.2, 0.25) is 0 Å². The van der Waals surface area contributed by atoms with Gasteiger partial charge in [-0.2, -0.15) is 0 Å². The van der Waals surface area contributed by atoms with E-state index >= 15 is 0 Å². The predicted molar refractivity (Wildman–Crippen MR) is 81.1 cm³/mol. The zero-order valence-electron chi connectivity index (χ0n) is 12.1. The molecule has 0 saturated heterocycles. The molecule has 0 bridgehead atoms. The number of hydrogen-bond donors (Lipinski definition) is 1. The van der Waals surface area contributed by atoms with Crippen molar-refractivity contribution in [3.8, 4) is 5.75 Å². The summed E-state index contributed by atoms with van der Waals surface area (Å²) >= 11 is 0. The maximum Gasteiger partial charge on any atom is 0.231 e. The van der Waals surface area contributed by atoms with Crippen LogP contribution < -0.4 is 4.90 Å². The molecule has 1 N–H and O–H groups in total. The third kappa shape index (κ3) is 3.18. The Kier molecular flexibility index (Phi) is 4.08. The molecule has 0 radical (unpaired) electrons. The van der Waals surface area contributed by atoms with E-state index in [1.807, 2.05) is 32.0 Å². The molecule has 2 aromatic carbocycles. The molecule has 0 saturated carbocycles. The zero-order valence-corrected chi connectivity index (χ0v) is 12.1. The van der Waals surface area contributed by atoms with Gasteiger partial charge in [-0.15, -0.1) is 0 Å². The lowest BCUT2D eigenvalue weighted by Crippen LogP contribution is -2.28. The number of carbonyl (C=O) groups excluding carboxylic acids is 1. The van der Waals surface area contributed by atoms with E-state index in [0.717, 1.165) is 16.7 Å². The minimum absolute atomic E-state index is 0.00398. The first-order valence-electron chi connectivity index (χ1n) is 6.59. The van der Waals surface area contributed by atoms with Crippen LogP contribution in [0.1, 0.15) is 16.7 Å². The number of anilines is 1. The van der Waals surface area contributed by atoms with Crippen molar-refractivity contribution in [2.45, 2.75) is 20.3 Å². The third-order valence-electron chi connectivity index (χ3n) is 3.44. The predicted octanol–water partition coefficient (Wildman–Crippen LogP) is 3.21. The summed E-state index contributed by atoms with van der Waals surface area (Å²) in [5.41, 5.74) is 4.01. The quantitative estimate of drug-likeness (QED) is 0.929. The molecule has 0 heterocycles. The van der Waals surface area contributed by atoms with E-state index < -0.39 is 0 Å². The van der Waals surface area contributed by atoms with Crippen molar-refractivity contribution in [1.29, 1.82) is 0 Å². The lowest BCUT2D eigenvalue weighted by atomic mass is 10.0. The van der Waals surface area contributed by atoms with Crippen LogP contribution in [0.5, 0.6) is 5.75 Å². The Labute approximate surface area is 119 Å². The second kappa shape index (κ2) is 5.78. The molecule has 0 aliphatic rings. The summed E-state index contributed by atoms with van der Waals surface area (Å²) in [4.78, 5) is 13.9. The number of hydrogen-bond acceptors (Lipinski definition) is 2. The molecular weight excluding hydrogens is 250 g/mol. The summed E-state index contributed by atoms with van der Waals surface area (Å²) in [5.74, 6) is 0.165. The van der Waals surface area contributed by atoms with E-state index in [4.69, 9.17) is 0 Å². The van der Waals surface area contributed by atoms with Gasteiger partial charge >= 0.3 is 0 Å². The fourth-order valence-electron chi connectivity index (χ4n) is 2.12. The van der Waals surface area contributed by atoms with Gasteiger partial charge in [0.25, 0.3) is 0 Å². The zero-order chi connectivity index (χ0) is 14.7. The lowest BCUT2D eigenvalue weighted by molar-refractivity contribution is -0.117. The summed E-state index contributed by atoms with van der Waals surface area (Å²) < 4.78 is 0. The molecule has 20 heavy (non-hydrogen) atoms. The van der Waals surface area contributed by atoms with Gasteiger partial charge in [-0.25, -0.2) is 0 Å². The summed E-state index contributed by atoms with van der Waals surface area (Å²) in [6.45, 7) is 4.03. The molecule has 0 aliphatic carbocycles. The Bertz CT molecular complexity index is 635. The van der Waals surface area contributed by atoms with Gasteiger partial charge in [0, 0.05) is 18.8 Å². The lowest BCUT2D eigenvalue weighted by Gasteiger charge is -2.18. The monoisotopic (exact) mass is 269 g/mol. The summed E-state index contributed by atoms with van der Waals surface area (Å²) in [5, 5.41) is 9.48. The van der Waals surface area contributed by atoms with Gasteiger partial charge in [0.15, 0.2) is 0 Å². The van der Waals surface area contributed by atoms with Gasteiger partial charge in [-0.05, 0) is 37.1 Å². The van der Waals surface area contributed by atoms with Gasteiger partial charge in [-0.1, -0.05) is 29.8 Å². The topological polar surface area (TPSA) is 40.5 Å². The van der Waals surface area contributed by atoms with Crippen LogP contribution in [0.15, 0.2) is 42.5 Å². The van der Waals surface area contributed by atoms with Crippen molar-refractivity contribution < 1.29 is 9.90 Å². The van der Waals surface area contributed by atoms with E-state index in [9.17, 15) is 9.90 Å². The van der Waals surface area contributed by atoms with E-state index in [0.29, 0.717) is 12.1 Å². The largest absolute Gasteiger partial charge is 0.508 e. The first-order chi connectivity index (χ1) is 9.47. The SMILES string of the molecule is Cc1ccc(C)c(CC(=O)N(C)c2cccc(O)c2)c1. The first-order valence-corrected chi connectivity index (χ1v) is 6.59. The standard InChI is InChI=1S/C17H19NO2/c1-12-7-8-13(2)14(9-12)10-17(20)18(3)15-5-4-6-16(19)11-15/h4-9,11,19H,10H2,1-3H3. The molecule has 0 aromatic heterocycles. The van der Waals surface area contributed by atoms with Crippen LogP contribution in [0, 0.1) is 13.8 Å². The van der Waals surface area contributed by atoms with Gasteiger partial charge in [0.1, 0.15) is 5.75 Å². The Morgan fingerprint density at radius 2 is 1.90 bits per heavy atom. The van der Waals surface area contributed by atoms with E-state index in [-0.39, 0.29) is 11.7 Å². The first kappa shape index (κ1) is 14.1. The van der Waals surface area contributed by atoms with Gasteiger partial charge in [-0.3, -0.25) is 4.79 Å². The second-order valence-corrected chi connectivity index (χ2v) is 5.08. The number of rotatable bonds is 3. The highest BCUT2D eigenvalue weighted by atomic mass is 16.3. The number of aromatic hydroxyl groups is 1. The molecule has 0 atom stereocenters. The number of phenols is 1. The fourth-order valence-corrected chi connectivity index (χ4v) is 2.12. The Balaban J connectivity index is 2.17. The van der Waals surface area contributed by atoms with Gasteiger partial charge in [0.2, 0.25) is 5.91 Å². The minimum Gasteiger partial charge on any atom is -0.508 e. The highest BCUT2D eigenvalue weighted by Crippen LogP contribution is 2.20. The number of likely N-dealkylation sites (N-methyl/N-ethyl adjacent to an activating group) is 1. The molecule has 2 aromatic rings. The molecule has 3 nitrogen and oxygen atoms in total. The summed E-state index contributed by atoms with van der Waals surface area (Å²) in [6, 6.07) is 12.8. The number of phenolic OH excluding ortho intramolecular Hbond substituents is 1. The Morgan fingerprint density at radius 3 is 2.60 bits per heavy atom. The van der Waals surface area contributed by atoms with Crippen molar-refractivity contribution in [3.05, 3.63) is 59.2 Å². The van der Waals surface area contributed by atoms with Crippen molar-refractivity contribution in [3.63, 3.8) is 0 Å². The number of benzene rings is 2. The molecule has 0 unspecified atom stereocenters. The normalized spacial score (nSPS) is 10.3. The molecule has 0 spiro atoms. The van der Waals surface area contributed by atoms with Crippen LogP contribution in [0.25, 0.3) is 0 Å². The summed E-state index contributed by atoms with van der Waals surface area (Å²) in [7, 11) is 1.72. The van der Waals surface area contributed by atoms with Gasteiger partial charge < -0.3 is 10.0 Å². The number of aryl methyl sites for hydroxylation is 2. The van der Waals surface area contributed by atoms with Crippen molar-refractivity contribution >= 4 is 11.6 Å². The smallest absolute Gasteiger partial charge is 0.231 e. The van der Waals surface area contributed by atoms with Crippen molar-refractivity contribution in [2.24, 2.45) is 0 Å². The maximum atomic E-state index is 12.3. The summed E-state index contributed by atoms with van der Waals surface area (Å²) in [6.07, 6.45) is 0.361. The number of nitrogens with zero attached hydrogens (tertiary/aromatic N) is 1. The molecule has 0 aliphatic heterocycles. The molecule has 2 rings (SSSR count). The highest BCUT2D eigenvalue weighted by Gasteiger charge is 2.13. The van der Waals surface area contributed by atoms with E-state index in [1.54, 1.807) is 36.2 Å². The molecular formula is C17H19NO2. The Hall–Kier alpha value is -2.29. The molecule has 1 amide bonds. The molecule has 104 valence electrons. The van der Waals surface area contributed by atoms with Crippen LogP contribution in [-0.2, 0) is 11.2 Å². The van der Waals surface area contributed by atoms with Crippen molar-refractivity contribution in [2.75, 3.05) is 11.9 Å². The Morgan fingerprint density at radius 1 is 1.15 bits per heavy atom. The second-order valence-electron chi connectivity index (χ2n) is 5.08. The van der Waals surface area contributed by atoms with Crippen LogP contribution in [0.3, 0.4) is 0 Å². The number of carbonyl (C=O) groups is 1. The third-order valence-corrected chi connectivity index (χ3v) is 3.44. The van der Waals surface area contributed by atoms with E-state index in [1.165, 1.54) is 0 Å². The van der Waals surface area contributed by atoms with Crippen molar-refractivity contribution in [1.82, 2.24) is 0 Å². The van der Waals surface area contributed by atoms with Gasteiger partial charge in [0.05, 0.1) is 6.42 Å². The number of amides is 1.